The van der Waals surface area contributed by atoms with Crippen molar-refractivity contribution in [3.8, 4) is 6.07 Å². The van der Waals surface area contributed by atoms with Gasteiger partial charge in [0, 0.05) is 5.39 Å². The number of nitrogens with one attached hydrogen (secondary N) is 1. The minimum absolute atomic E-state index is 0.651. The van der Waals surface area contributed by atoms with Crippen LogP contribution in [0.3, 0.4) is 0 Å². The van der Waals surface area contributed by atoms with Crippen LogP contribution in [-0.2, 0) is 0 Å². The number of nitriles is 1. The maximum Gasteiger partial charge on any atom is 0.200 e. The zero-order valence-corrected chi connectivity index (χ0v) is 7.16. The lowest BCUT2D eigenvalue weighted by Crippen LogP contribution is -1.74. The molecule has 4 heteroatoms. The molecule has 0 spiro atoms. The third-order valence-corrected chi connectivity index (χ3v) is 1.86. The molecule has 0 aliphatic rings. The van der Waals surface area contributed by atoms with Crippen LogP contribution in [0.5, 0.6) is 0 Å². The number of aromatic nitrogens is 2. The maximum atomic E-state index is 12.6. The molecule has 0 fully saturated rings. The first kappa shape index (κ1) is 8.45. The number of hydrogen-bond donors (Lipinski definition) is 1. The van der Waals surface area contributed by atoms with Crippen molar-refractivity contribution >= 4 is 17.0 Å². The van der Waals surface area contributed by atoms with Crippen LogP contribution in [0, 0.1) is 11.3 Å². The van der Waals surface area contributed by atoms with Gasteiger partial charge in [-0.15, -0.1) is 0 Å². The van der Waals surface area contributed by atoms with Crippen LogP contribution in [0.4, 0.5) is 4.39 Å². The highest BCUT2D eigenvalue weighted by Gasteiger charge is 1.97. The molecule has 0 atom stereocenters. The fraction of sp³-hybridized carbons (Fsp3) is 0. The van der Waals surface area contributed by atoms with Crippen molar-refractivity contribution in [1.82, 2.24) is 10.2 Å². The molecule has 0 aliphatic carbocycles. The summed E-state index contributed by atoms with van der Waals surface area (Å²) in [5.41, 5.74) is 1.54. The van der Waals surface area contributed by atoms with Gasteiger partial charge in [0.2, 0.25) is 5.83 Å². The average molecular weight is 187 g/mol. The quantitative estimate of drug-likeness (QED) is 0.697. The molecule has 3 nitrogen and oxygen atoms in total. The Kier molecular flexibility index (Phi) is 1.99. The monoisotopic (exact) mass is 187 g/mol. The van der Waals surface area contributed by atoms with Crippen molar-refractivity contribution in [1.29, 1.82) is 5.26 Å². The van der Waals surface area contributed by atoms with Crippen LogP contribution in [0.2, 0.25) is 0 Å². The molecule has 0 radical (unpaired) electrons. The van der Waals surface area contributed by atoms with Gasteiger partial charge in [-0.25, -0.2) is 0 Å². The second kappa shape index (κ2) is 3.30. The molecule has 1 heterocycles. The number of benzene rings is 1. The van der Waals surface area contributed by atoms with Gasteiger partial charge in [0.1, 0.15) is 6.07 Å². The minimum atomic E-state index is -0.798. The zero-order chi connectivity index (χ0) is 9.97. The van der Waals surface area contributed by atoms with E-state index in [9.17, 15) is 4.39 Å². The van der Waals surface area contributed by atoms with Crippen LogP contribution >= 0.6 is 0 Å². The SMILES string of the molecule is N#C/C(F)=C/c1ccc2[nH]ncc2c1. The molecule has 1 aromatic heterocycles. The van der Waals surface area contributed by atoms with Crippen LogP contribution in [0.25, 0.3) is 17.0 Å². The topological polar surface area (TPSA) is 52.5 Å². The summed E-state index contributed by atoms with van der Waals surface area (Å²) in [5.74, 6) is -0.798. The largest absolute Gasteiger partial charge is 0.278 e. The summed E-state index contributed by atoms with van der Waals surface area (Å²) in [5, 5.41) is 15.8. The number of fused-ring (bicyclic) bond motifs is 1. The molecule has 0 saturated carbocycles. The Bertz CT molecular complexity index is 534. The third-order valence-electron chi connectivity index (χ3n) is 1.86. The van der Waals surface area contributed by atoms with Crippen molar-refractivity contribution in [2.24, 2.45) is 0 Å². The lowest BCUT2D eigenvalue weighted by atomic mass is 10.1. The highest BCUT2D eigenvalue weighted by Crippen LogP contribution is 2.15. The van der Waals surface area contributed by atoms with E-state index in [1.807, 2.05) is 0 Å². The van der Waals surface area contributed by atoms with Gasteiger partial charge >= 0.3 is 0 Å². The second-order valence-electron chi connectivity index (χ2n) is 2.82. The molecular weight excluding hydrogens is 181 g/mol. The van der Waals surface area contributed by atoms with Crippen molar-refractivity contribution < 1.29 is 4.39 Å². The lowest BCUT2D eigenvalue weighted by Gasteiger charge is -1.92. The summed E-state index contributed by atoms with van der Waals surface area (Å²) in [6, 6.07) is 6.70. The highest BCUT2D eigenvalue weighted by atomic mass is 19.1. The van der Waals surface area contributed by atoms with E-state index in [0.29, 0.717) is 5.56 Å². The Labute approximate surface area is 79.5 Å². The van der Waals surface area contributed by atoms with Gasteiger partial charge in [-0.1, -0.05) is 6.07 Å². The molecule has 0 aliphatic heterocycles. The first-order valence-electron chi connectivity index (χ1n) is 4.00. The predicted octanol–water partition coefficient (Wildman–Crippen LogP) is 2.40. The Balaban J connectivity index is 2.50. The normalized spacial score (nSPS) is 11.6. The van der Waals surface area contributed by atoms with Crippen LogP contribution < -0.4 is 0 Å². The molecule has 1 N–H and O–H groups in total. The predicted molar refractivity (Wildman–Crippen MR) is 50.8 cm³/mol. The summed E-state index contributed by atoms with van der Waals surface area (Å²) in [4.78, 5) is 0. The maximum absolute atomic E-state index is 12.6. The van der Waals surface area contributed by atoms with Gasteiger partial charge in [-0.3, -0.25) is 5.10 Å². The van der Waals surface area contributed by atoms with Crippen molar-refractivity contribution in [2.75, 3.05) is 0 Å². The molecule has 0 unspecified atom stereocenters. The van der Waals surface area contributed by atoms with Crippen LogP contribution in [0.15, 0.2) is 30.2 Å². The fourth-order valence-corrected chi connectivity index (χ4v) is 1.23. The Morgan fingerprint density at radius 3 is 3.21 bits per heavy atom. The van der Waals surface area contributed by atoms with Gasteiger partial charge < -0.3 is 0 Å². The number of rotatable bonds is 1. The van der Waals surface area contributed by atoms with E-state index < -0.39 is 5.83 Å². The first-order valence-corrected chi connectivity index (χ1v) is 4.00. The Morgan fingerprint density at radius 2 is 2.43 bits per heavy atom. The molecule has 68 valence electrons. The van der Waals surface area contributed by atoms with E-state index in [0.717, 1.165) is 10.9 Å². The molecule has 0 bridgehead atoms. The zero-order valence-electron chi connectivity index (χ0n) is 7.16. The second-order valence-corrected chi connectivity index (χ2v) is 2.82. The van der Waals surface area contributed by atoms with E-state index in [2.05, 4.69) is 10.2 Å². The summed E-state index contributed by atoms with van der Waals surface area (Å²) in [6.07, 6.45) is 2.84. The third kappa shape index (κ3) is 1.48. The average Bonchev–Trinajstić information content (AvgIpc) is 2.64. The number of H-pyrrole nitrogens is 1. The van der Waals surface area contributed by atoms with Gasteiger partial charge in [-0.05, 0) is 23.8 Å². The van der Waals surface area contributed by atoms with Crippen molar-refractivity contribution in [3.63, 3.8) is 0 Å². The number of nitrogens with zero attached hydrogens (tertiary/aromatic N) is 2. The van der Waals surface area contributed by atoms with Crippen molar-refractivity contribution in [2.45, 2.75) is 0 Å². The Hall–Kier alpha value is -2.15. The van der Waals surface area contributed by atoms with Gasteiger partial charge in [0.15, 0.2) is 0 Å². The molecular formula is C10H6FN3. The van der Waals surface area contributed by atoms with Gasteiger partial charge in [-0.2, -0.15) is 14.8 Å². The molecule has 2 rings (SSSR count). The first-order chi connectivity index (χ1) is 6.79. The summed E-state index contributed by atoms with van der Waals surface area (Å²) < 4.78 is 12.6. The lowest BCUT2D eigenvalue weighted by molar-refractivity contribution is 0.679. The van der Waals surface area contributed by atoms with Gasteiger partial charge in [0.25, 0.3) is 0 Å². The van der Waals surface area contributed by atoms with Crippen LogP contribution in [-0.4, -0.2) is 10.2 Å². The molecule has 14 heavy (non-hydrogen) atoms. The summed E-state index contributed by atoms with van der Waals surface area (Å²) in [7, 11) is 0. The van der Waals surface area contributed by atoms with E-state index in [1.54, 1.807) is 24.4 Å². The fourth-order valence-electron chi connectivity index (χ4n) is 1.23. The Morgan fingerprint density at radius 1 is 1.57 bits per heavy atom. The van der Waals surface area contributed by atoms with Gasteiger partial charge in [0.05, 0.1) is 11.7 Å². The number of hydrogen-bond acceptors (Lipinski definition) is 2. The highest BCUT2D eigenvalue weighted by molar-refractivity contribution is 5.80. The van der Waals surface area contributed by atoms with Crippen molar-refractivity contribution in [3.05, 3.63) is 35.8 Å². The number of halogens is 1. The molecule has 0 amide bonds. The number of allylic oxidation sites excluding steroid dienone is 1. The molecule has 1 aromatic carbocycles. The van der Waals surface area contributed by atoms with E-state index in [1.165, 1.54) is 12.1 Å². The number of aromatic amines is 1. The molecule has 0 saturated heterocycles. The minimum Gasteiger partial charge on any atom is -0.278 e. The summed E-state index contributed by atoms with van der Waals surface area (Å²) in [6.45, 7) is 0. The van der Waals surface area contributed by atoms with E-state index >= 15 is 0 Å². The van der Waals surface area contributed by atoms with Crippen LogP contribution in [0.1, 0.15) is 5.56 Å². The standard InChI is InChI=1S/C10H6FN3/c11-9(5-12)4-7-1-2-10-8(3-7)6-13-14-10/h1-4,6H,(H,13,14)/b9-4-. The van der Waals surface area contributed by atoms with E-state index in [4.69, 9.17) is 5.26 Å². The smallest absolute Gasteiger partial charge is 0.200 e. The molecule has 2 aromatic rings. The summed E-state index contributed by atoms with van der Waals surface area (Å²) >= 11 is 0. The van der Waals surface area contributed by atoms with E-state index in [-0.39, 0.29) is 0 Å².